The molecule has 0 saturated carbocycles. The second-order valence-corrected chi connectivity index (χ2v) is 5.09. The molecule has 3 amide bonds. The van der Waals surface area contributed by atoms with E-state index in [2.05, 4.69) is 17.2 Å². The third-order valence-corrected chi connectivity index (χ3v) is 3.55. The number of benzene rings is 1. The van der Waals surface area contributed by atoms with Crippen LogP contribution in [0.25, 0.3) is 0 Å². The van der Waals surface area contributed by atoms with Crippen molar-refractivity contribution in [2.75, 3.05) is 32.2 Å². The molecule has 1 aliphatic rings. The molecule has 1 fully saturated rings. The highest BCUT2D eigenvalue weighted by Gasteiger charge is 2.32. The van der Waals surface area contributed by atoms with Crippen molar-refractivity contribution in [2.45, 2.75) is 12.5 Å². The van der Waals surface area contributed by atoms with Crippen molar-refractivity contribution in [3.05, 3.63) is 30.9 Å². The van der Waals surface area contributed by atoms with Gasteiger partial charge >= 0.3 is 6.03 Å². The lowest BCUT2D eigenvalue weighted by molar-refractivity contribution is -0.117. The van der Waals surface area contributed by atoms with Crippen LogP contribution in [0.1, 0.15) is 6.42 Å². The zero-order chi connectivity index (χ0) is 16.8. The van der Waals surface area contributed by atoms with E-state index in [4.69, 9.17) is 9.47 Å². The van der Waals surface area contributed by atoms with Gasteiger partial charge in [-0.3, -0.25) is 4.79 Å². The van der Waals surface area contributed by atoms with Crippen molar-refractivity contribution >= 4 is 17.6 Å². The van der Waals surface area contributed by atoms with Gasteiger partial charge in [-0.05, 0) is 12.1 Å². The topological polar surface area (TPSA) is 79.9 Å². The highest BCUT2D eigenvalue weighted by Crippen LogP contribution is 2.33. The van der Waals surface area contributed by atoms with Gasteiger partial charge in [-0.1, -0.05) is 6.08 Å². The zero-order valence-corrected chi connectivity index (χ0v) is 13.3. The number of anilines is 1. The fourth-order valence-corrected chi connectivity index (χ4v) is 2.45. The standard InChI is InChI=1S/C16H21N3O4/c1-4-7-17-16(21)18-11-8-15(20)19(10-11)12-5-6-13(22-2)14(9-12)23-3/h4-6,9,11H,1,7-8,10H2,2-3H3,(H2,17,18,21)/t11-/m0/s1. The van der Waals surface area contributed by atoms with Crippen LogP contribution in [-0.4, -0.2) is 45.3 Å². The first-order valence-corrected chi connectivity index (χ1v) is 7.26. The SMILES string of the molecule is C=CCNC(=O)N[C@H]1CC(=O)N(c2ccc(OC)c(OC)c2)C1. The van der Waals surface area contributed by atoms with Crippen LogP contribution in [0.3, 0.4) is 0 Å². The number of carbonyl (C=O) groups excluding carboxylic acids is 2. The zero-order valence-electron chi connectivity index (χ0n) is 13.3. The molecular formula is C16H21N3O4. The van der Waals surface area contributed by atoms with E-state index in [1.165, 1.54) is 0 Å². The second kappa shape index (κ2) is 7.53. The summed E-state index contributed by atoms with van der Waals surface area (Å²) in [6.45, 7) is 4.33. The smallest absolute Gasteiger partial charge is 0.315 e. The van der Waals surface area contributed by atoms with E-state index in [0.29, 0.717) is 30.3 Å². The summed E-state index contributed by atoms with van der Waals surface area (Å²) in [5.74, 6) is 1.10. The van der Waals surface area contributed by atoms with E-state index < -0.39 is 0 Å². The number of ether oxygens (including phenoxy) is 2. The summed E-state index contributed by atoms with van der Waals surface area (Å²) in [7, 11) is 3.10. The number of nitrogens with zero attached hydrogens (tertiary/aromatic N) is 1. The van der Waals surface area contributed by atoms with Crippen LogP contribution in [-0.2, 0) is 4.79 Å². The molecule has 0 aliphatic carbocycles. The summed E-state index contributed by atoms with van der Waals surface area (Å²) < 4.78 is 10.4. The van der Waals surface area contributed by atoms with Crippen molar-refractivity contribution in [2.24, 2.45) is 0 Å². The lowest BCUT2D eigenvalue weighted by atomic mass is 10.2. The molecule has 23 heavy (non-hydrogen) atoms. The molecule has 0 aromatic heterocycles. The molecule has 124 valence electrons. The molecule has 1 aromatic carbocycles. The minimum Gasteiger partial charge on any atom is -0.493 e. The van der Waals surface area contributed by atoms with Gasteiger partial charge in [-0.2, -0.15) is 0 Å². The molecule has 2 N–H and O–H groups in total. The van der Waals surface area contributed by atoms with Crippen molar-refractivity contribution in [1.29, 1.82) is 0 Å². The number of hydrogen-bond donors (Lipinski definition) is 2. The van der Waals surface area contributed by atoms with E-state index in [1.54, 1.807) is 43.4 Å². The normalized spacial score (nSPS) is 16.9. The Morgan fingerprint density at radius 3 is 2.78 bits per heavy atom. The van der Waals surface area contributed by atoms with E-state index >= 15 is 0 Å². The number of carbonyl (C=O) groups is 2. The minimum atomic E-state index is -0.308. The Hall–Kier alpha value is -2.70. The van der Waals surface area contributed by atoms with Crippen LogP contribution < -0.4 is 25.0 Å². The number of nitrogens with one attached hydrogen (secondary N) is 2. The summed E-state index contributed by atoms with van der Waals surface area (Å²) in [4.78, 5) is 25.5. The number of urea groups is 1. The molecule has 1 heterocycles. The largest absolute Gasteiger partial charge is 0.493 e. The minimum absolute atomic E-state index is 0.0498. The van der Waals surface area contributed by atoms with Gasteiger partial charge in [-0.25, -0.2) is 4.79 Å². The Balaban J connectivity index is 2.05. The quantitative estimate of drug-likeness (QED) is 0.775. The lowest BCUT2D eigenvalue weighted by Crippen LogP contribution is -2.43. The summed E-state index contributed by atoms with van der Waals surface area (Å²) in [6.07, 6.45) is 1.85. The molecule has 7 nitrogen and oxygen atoms in total. The van der Waals surface area contributed by atoms with Crippen LogP contribution in [0, 0.1) is 0 Å². The van der Waals surface area contributed by atoms with Crippen LogP contribution in [0.15, 0.2) is 30.9 Å². The molecule has 1 aliphatic heterocycles. The lowest BCUT2D eigenvalue weighted by Gasteiger charge is -2.19. The molecule has 0 unspecified atom stereocenters. The summed E-state index contributed by atoms with van der Waals surface area (Å²) in [5.41, 5.74) is 0.712. The average molecular weight is 319 g/mol. The van der Waals surface area contributed by atoms with Gasteiger partial charge in [0.1, 0.15) is 0 Å². The highest BCUT2D eigenvalue weighted by atomic mass is 16.5. The third kappa shape index (κ3) is 3.94. The first-order valence-electron chi connectivity index (χ1n) is 7.26. The first-order chi connectivity index (χ1) is 11.1. The van der Waals surface area contributed by atoms with Gasteiger partial charge in [0.15, 0.2) is 11.5 Å². The molecule has 0 bridgehead atoms. The number of rotatable bonds is 6. The molecule has 2 rings (SSSR count). The number of methoxy groups -OCH3 is 2. The van der Waals surface area contributed by atoms with E-state index in [0.717, 1.165) is 0 Å². The summed E-state index contributed by atoms with van der Waals surface area (Å²) in [6, 6.07) is 4.74. The molecule has 0 spiro atoms. The fourth-order valence-electron chi connectivity index (χ4n) is 2.45. The Labute approximate surface area is 135 Å². The van der Waals surface area contributed by atoms with Crippen molar-refractivity contribution in [3.8, 4) is 11.5 Å². The van der Waals surface area contributed by atoms with E-state index in [-0.39, 0.29) is 24.4 Å². The van der Waals surface area contributed by atoms with Crippen molar-refractivity contribution in [3.63, 3.8) is 0 Å². The Morgan fingerprint density at radius 1 is 1.39 bits per heavy atom. The van der Waals surface area contributed by atoms with Crippen molar-refractivity contribution in [1.82, 2.24) is 10.6 Å². The second-order valence-electron chi connectivity index (χ2n) is 5.09. The van der Waals surface area contributed by atoms with Gasteiger partial charge in [0.2, 0.25) is 5.91 Å². The average Bonchev–Trinajstić information content (AvgIpc) is 2.92. The molecule has 0 radical (unpaired) electrons. The van der Waals surface area contributed by atoms with Crippen LogP contribution in [0.2, 0.25) is 0 Å². The molecular weight excluding hydrogens is 298 g/mol. The van der Waals surface area contributed by atoms with E-state index in [9.17, 15) is 9.59 Å². The fraction of sp³-hybridized carbons (Fsp3) is 0.375. The molecule has 1 atom stereocenters. The highest BCUT2D eigenvalue weighted by molar-refractivity contribution is 5.97. The predicted octanol–water partition coefficient (Wildman–Crippen LogP) is 1.29. The van der Waals surface area contributed by atoms with Gasteiger partial charge in [0.05, 0.1) is 20.3 Å². The first kappa shape index (κ1) is 16.7. The third-order valence-electron chi connectivity index (χ3n) is 3.55. The van der Waals surface area contributed by atoms with Crippen LogP contribution in [0.5, 0.6) is 11.5 Å². The van der Waals surface area contributed by atoms with Gasteiger partial charge < -0.3 is 25.0 Å². The van der Waals surface area contributed by atoms with Crippen LogP contribution in [0.4, 0.5) is 10.5 Å². The van der Waals surface area contributed by atoms with Crippen molar-refractivity contribution < 1.29 is 19.1 Å². The Kier molecular flexibility index (Phi) is 5.46. The van der Waals surface area contributed by atoms with E-state index in [1.807, 2.05) is 0 Å². The maximum Gasteiger partial charge on any atom is 0.315 e. The number of hydrogen-bond acceptors (Lipinski definition) is 4. The maximum absolute atomic E-state index is 12.2. The molecule has 1 aromatic rings. The van der Waals surface area contributed by atoms with Gasteiger partial charge in [0.25, 0.3) is 0 Å². The maximum atomic E-state index is 12.2. The number of amides is 3. The molecule has 7 heteroatoms. The summed E-state index contributed by atoms with van der Waals surface area (Å²) in [5, 5.41) is 5.41. The predicted molar refractivity (Wildman–Crippen MR) is 87.0 cm³/mol. The summed E-state index contributed by atoms with van der Waals surface area (Å²) >= 11 is 0. The monoisotopic (exact) mass is 319 g/mol. The van der Waals surface area contributed by atoms with Gasteiger partial charge in [0, 0.05) is 31.3 Å². The Bertz CT molecular complexity index is 603. The Morgan fingerprint density at radius 2 is 2.13 bits per heavy atom. The molecule has 1 saturated heterocycles. The van der Waals surface area contributed by atoms with Gasteiger partial charge in [-0.15, -0.1) is 6.58 Å². The van der Waals surface area contributed by atoms with Crippen LogP contribution >= 0.6 is 0 Å².